The Kier molecular flexibility index (Phi) is 4.88. The zero-order valence-corrected chi connectivity index (χ0v) is 24.3. The van der Waals surface area contributed by atoms with Crippen LogP contribution in [0.4, 0.5) is 0 Å². The quantitative estimate of drug-likeness (QED) is 0.196. The Bertz CT molecular complexity index is 2460. The Hall–Kier alpha value is -4.52. The molecule has 9 rings (SSSR count). The number of hydrogen-bond acceptors (Lipinski definition) is 2. The highest BCUT2D eigenvalue weighted by molar-refractivity contribution is 6.45. The fourth-order valence-electron chi connectivity index (χ4n) is 6.84. The molecule has 8 heteroatoms. The summed E-state index contributed by atoms with van der Waals surface area (Å²) >= 11 is 14.2. The predicted octanol–water partition coefficient (Wildman–Crippen LogP) is 10.8. The van der Waals surface area contributed by atoms with Gasteiger partial charge in [0.2, 0.25) is 0 Å². The van der Waals surface area contributed by atoms with Crippen LogP contribution in [-0.2, 0) is 13.1 Å². The van der Waals surface area contributed by atoms with Crippen LogP contribution >= 0.6 is 23.2 Å². The maximum absolute atomic E-state index is 7.12. The van der Waals surface area contributed by atoms with E-state index in [1.165, 1.54) is 0 Å². The number of halogens is 2. The number of para-hydroxylation sites is 2. The molecule has 0 bridgehead atoms. The summed E-state index contributed by atoms with van der Waals surface area (Å²) in [6.45, 7) is 6.00. The summed E-state index contributed by atoms with van der Waals surface area (Å²) in [5.74, 6) is 0. The van der Waals surface area contributed by atoms with Crippen LogP contribution in [-0.4, -0.2) is 19.1 Å². The molecule has 0 fully saturated rings. The van der Waals surface area contributed by atoms with Crippen molar-refractivity contribution in [3.05, 3.63) is 82.8 Å². The monoisotopic (exact) mass is 590 g/mol. The topological polar surface area (TPSA) is 67.7 Å². The van der Waals surface area contributed by atoms with Gasteiger partial charge in [-0.15, -0.1) is 0 Å². The minimum absolute atomic E-state index is 0.403. The van der Waals surface area contributed by atoms with Gasteiger partial charge in [0.05, 0.1) is 32.8 Å². The number of aromatic amines is 2. The zero-order valence-electron chi connectivity index (χ0n) is 22.8. The molecular formula is C34H24Cl2N4O2. The lowest BCUT2D eigenvalue weighted by Crippen LogP contribution is -1.94. The lowest BCUT2D eigenvalue weighted by atomic mass is 10.1. The maximum Gasteiger partial charge on any atom is 0.173 e. The molecule has 0 aliphatic carbocycles. The third-order valence-corrected chi connectivity index (χ3v) is 9.35. The van der Waals surface area contributed by atoms with E-state index in [-0.39, 0.29) is 0 Å². The summed E-state index contributed by atoms with van der Waals surface area (Å²) in [7, 11) is 0. The average molecular weight is 591 g/mol. The van der Waals surface area contributed by atoms with Crippen molar-refractivity contribution in [3.63, 3.8) is 0 Å². The van der Waals surface area contributed by atoms with Crippen LogP contribution in [0.2, 0.25) is 10.0 Å². The van der Waals surface area contributed by atoms with Gasteiger partial charge >= 0.3 is 0 Å². The average Bonchev–Trinajstić information content (AvgIpc) is 3.54. The highest BCUT2D eigenvalue weighted by Gasteiger charge is 2.22. The van der Waals surface area contributed by atoms with E-state index in [0.29, 0.717) is 32.2 Å². The summed E-state index contributed by atoms with van der Waals surface area (Å²) < 4.78 is 18.0. The van der Waals surface area contributed by atoms with Crippen molar-refractivity contribution in [2.24, 2.45) is 0 Å². The Balaban J connectivity index is 1.43. The molecule has 206 valence electrons. The van der Waals surface area contributed by atoms with E-state index in [9.17, 15) is 0 Å². The van der Waals surface area contributed by atoms with Crippen molar-refractivity contribution in [1.29, 1.82) is 0 Å². The lowest BCUT2D eigenvalue weighted by molar-refractivity contribution is 0.652. The molecule has 4 heterocycles. The molecule has 6 nitrogen and oxygen atoms in total. The highest BCUT2D eigenvalue weighted by Crippen LogP contribution is 2.43. The van der Waals surface area contributed by atoms with Crippen molar-refractivity contribution < 1.29 is 8.83 Å². The van der Waals surface area contributed by atoms with Crippen LogP contribution in [0.5, 0.6) is 0 Å². The number of nitrogens with one attached hydrogen (secondary N) is 2. The van der Waals surface area contributed by atoms with Gasteiger partial charge in [-0.3, -0.25) is 0 Å². The molecule has 0 saturated heterocycles. The number of hydrogen-bond donors (Lipinski definition) is 2. The lowest BCUT2D eigenvalue weighted by Gasteiger charge is -2.12. The second kappa shape index (κ2) is 8.51. The Labute approximate surface area is 248 Å². The second-order valence-corrected chi connectivity index (χ2v) is 11.4. The first-order chi connectivity index (χ1) is 20.6. The molecule has 9 aromatic rings. The van der Waals surface area contributed by atoms with Gasteiger partial charge in [0.15, 0.2) is 22.3 Å². The molecule has 4 aromatic heterocycles. The molecule has 5 aromatic carbocycles. The molecule has 0 saturated carbocycles. The minimum atomic E-state index is 0.403. The van der Waals surface area contributed by atoms with Crippen molar-refractivity contribution in [2.75, 3.05) is 0 Å². The summed E-state index contributed by atoms with van der Waals surface area (Å²) in [6, 6.07) is 25.1. The second-order valence-electron chi connectivity index (χ2n) is 10.7. The van der Waals surface area contributed by atoms with Crippen LogP contribution < -0.4 is 0 Å². The van der Waals surface area contributed by atoms with E-state index in [1.54, 1.807) is 0 Å². The number of benzene rings is 5. The smallest absolute Gasteiger partial charge is 0.173 e. The molecule has 42 heavy (non-hydrogen) atoms. The van der Waals surface area contributed by atoms with Crippen LogP contribution in [0, 0.1) is 0 Å². The molecule has 0 spiro atoms. The van der Waals surface area contributed by atoms with Crippen LogP contribution in [0.1, 0.15) is 13.8 Å². The van der Waals surface area contributed by atoms with Gasteiger partial charge < -0.3 is 27.9 Å². The highest BCUT2D eigenvalue weighted by atomic mass is 35.5. The fourth-order valence-corrected chi connectivity index (χ4v) is 7.37. The third-order valence-electron chi connectivity index (χ3n) is 8.63. The van der Waals surface area contributed by atoms with Crippen LogP contribution in [0.25, 0.3) is 88.0 Å². The number of nitrogens with zero attached hydrogens (tertiary/aromatic N) is 2. The normalized spacial score (nSPS) is 12.5. The number of aromatic nitrogens is 4. The van der Waals surface area contributed by atoms with Crippen molar-refractivity contribution in [2.45, 2.75) is 26.9 Å². The molecule has 0 amide bonds. The summed E-state index contributed by atoms with van der Waals surface area (Å²) in [5.41, 5.74) is 9.74. The first kappa shape index (κ1) is 24.1. The molecule has 2 N–H and O–H groups in total. The van der Waals surface area contributed by atoms with Gasteiger partial charge in [-0.2, -0.15) is 0 Å². The maximum atomic E-state index is 7.12. The standard InChI is InChI=1S/C34H24Cl2N4O2/c1-3-39-21-11-7-5-9-17(21)25-23(39)15-13-19-31(25)41-33-27(35)30-34(28(36)29(33)37-19)42-32-20(38-30)14-16-24-26(32)18-10-6-8-12-22(18)40(24)4-2/h5-16,37-38H,3-4H2,1-2H3. The van der Waals surface area contributed by atoms with Crippen LogP contribution in [0.15, 0.2) is 81.6 Å². The molecule has 0 aliphatic rings. The summed E-state index contributed by atoms with van der Waals surface area (Å²) in [5, 5.41) is 5.14. The van der Waals surface area contributed by atoms with E-state index in [1.807, 2.05) is 12.1 Å². The van der Waals surface area contributed by atoms with E-state index < -0.39 is 0 Å². The summed E-state index contributed by atoms with van der Waals surface area (Å²) in [6.07, 6.45) is 0. The largest absolute Gasteiger partial charge is 0.451 e. The van der Waals surface area contributed by atoms with E-state index in [2.05, 4.69) is 93.6 Å². The first-order valence-corrected chi connectivity index (χ1v) is 14.9. The van der Waals surface area contributed by atoms with Crippen molar-refractivity contribution in [1.82, 2.24) is 19.1 Å². The van der Waals surface area contributed by atoms with E-state index in [4.69, 9.17) is 32.0 Å². The van der Waals surface area contributed by atoms with Gasteiger partial charge in [0.1, 0.15) is 21.1 Å². The number of H-pyrrole nitrogens is 2. The molecule has 0 aliphatic heterocycles. The number of rotatable bonds is 2. The van der Waals surface area contributed by atoms with E-state index >= 15 is 0 Å². The Morgan fingerprint density at radius 2 is 0.976 bits per heavy atom. The minimum Gasteiger partial charge on any atom is -0.451 e. The molecule has 0 radical (unpaired) electrons. The summed E-state index contributed by atoms with van der Waals surface area (Å²) in [4.78, 5) is 7.05. The van der Waals surface area contributed by atoms with Gasteiger partial charge in [0.25, 0.3) is 0 Å². The van der Waals surface area contributed by atoms with Gasteiger partial charge in [-0.25, -0.2) is 0 Å². The fraction of sp³-hybridized carbons (Fsp3) is 0.118. The van der Waals surface area contributed by atoms with Gasteiger partial charge in [-0.1, -0.05) is 59.6 Å². The predicted molar refractivity (Wildman–Crippen MR) is 175 cm³/mol. The number of fused-ring (bicyclic) bond motifs is 12. The molecule has 0 unspecified atom stereocenters. The Morgan fingerprint density at radius 3 is 1.40 bits per heavy atom. The molecular weight excluding hydrogens is 567 g/mol. The van der Waals surface area contributed by atoms with Gasteiger partial charge in [0, 0.05) is 34.9 Å². The van der Waals surface area contributed by atoms with Crippen molar-refractivity contribution >= 4 is 111 Å². The SMILES string of the molecule is CCn1c2ccccc2c2c3oc4c(Cl)c5[nH]c6ccc7c(c8ccccc8n7CC)c6oc5c(Cl)c4[nH]c3ccc21. The Morgan fingerprint density at radius 1 is 0.548 bits per heavy atom. The number of aryl methyl sites for hydroxylation is 2. The van der Waals surface area contributed by atoms with Crippen molar-refractivity contribution in [3.8, 4) is 0 Å². The van der Waals surface area contributed by atoms with E-state index in [0.717, 1.165) is 78.9 Å². The first-order valence-electron chi connectivity index (χ1n) is 14.1. The molecule has 0 atom stereocenters. The van der Waals surface area contributed by atoms with Gasteiger partial charge in [-0.05, 0) is 50.2 Å². The van der Waals surface area contributed by atoms with Crippen LogP contribution in [0.3, 0.4) is 0 Å². The third kappa shape index (κ3) is 2.95. The zero-order chi connectivity index (χ0) is 28.3.